The number of para-hydroxylation sites is 1. The van der Waals surface area contributed by atoms with Gasteiger partial charge in [0.15, 0.2) is 0 Å². The second kappa shape index (κ2) is 10.8. The molecule has 0 radical (unpaired) electrons. The monoisotopic (exact) mass is 495 g/mol. The lowest BCUT2D eigenvalue weighted by Crippen LogP contribution is -2.31. The van der Waals surface area contributed by atoms with Gasteiger partial charge in [0.2, 0.25) is 0 Å². The summed E-state index contributed by atoms with van der Waals surface area (Å²) in [5.74, 6) is -1.48. The van der Waals surface area contributed by atoms with Gasteiger partial charge in [-0.1, -0.05) is 48.0 Å². The van der Waals surface area contributed by atoms with Crippen LogP contribution >= 0.6 is 0 Å². The third-order valence-corrected chi connectivity index (χ3v) is 6.47. The van der Waals surface area contributed by atoms with E-state index >= 15 is 0 Å². The van der Waals surface area contributed by atoms with Gasteiger partial charge in [-0.05, 0) is 42.7 Å². The molecule has 4 aromatic rings. The van der Waals surface area contributed by atoms with Crippen LogP contribution in [0.4, 0.5) is 0 Å². The molecule has 5 rings (SSSR count). The number of hydrogen-bond acceptors (Lipinski definition) is 6. The molecule has 1 N–H and O–H groups in total. The summed E-state index contributed by atoms with van der Waals surface area (Å²) in [7, 11) is 2.00. The summed E-state index contributed by atoms with van der Waals surface area (Å²) in [4.78, 5) is 48.3. The fraction of sp³-hybridized carbons (Fsp3) is 0.172. The molecule has 1 saturated heterocycles. The van der Waals surface area contributed by atoms with E-state index in [1.807, 2.05) is 50.4 Å². The highest BCUT2D eigenvalue weighted by Crippen LogP contribution is 2.39. The van der Waals surface area contributed by atoms with Crippen molar-refractivity contribution in [3.05, 3.63) is 107 Å². The molecule has 2 aromatic heterocycles. The first kappa shape index (κ1) is 25.3. The van der Waals surface area contributed by atoms with Gasteiger partial charge in [-0.3, -0.25) is 14.6 Å². The third kappa shape index (κ3) is 4.96. The molecule has 37 heavy (non-hydrogen) atoms. The number of rotatable bonds is 5. The molecule has 1 aliphatic heterocycles. The Bertz CT molecular complexity index is 1510. The fourth-order valence-electron chi connectivity index (χ4n) is 4.73. The Balaban J connectivity index is 0.00000102. The minimum Gasteiger partial charge on any atom is -0.507 e. The smallest absolute Gasteiger partial charge is 0.373 e. The standard InChI is InChI=1S/C28H25N3O3.CO2/c1-18-9-11-19(12-10-18)25-24(26(32)20-6-5-14-29-16-20)27(33)28(34)31(25)15-13-21-17-30(2)23-8-4-3-7-22(21)23;2-1-3/h3-12,14,16-17,25,32H,13,15H2,1-2H3;. The molecule has 1 atom stereocenters. The average Bonchev–Trinajstić information content (AvgIpc) is 3.37. The zero-order chi connectivity index (χ0) is 26.5. The number of hydrogen-bond donors (Lipinski definition) is 1. The Morgan fingerprint density at radius 1 is 1.03 bits per heavy atom. The lowest BCUT2D eigenvalue weighted by atomic mass is 9.95. The SMILES string of the molecule is Cc1ccc(C2C(=C(O)c3cccnc3)C(=O)C(=O)N2CCc2cn(C)c3ccccc23)cc1.O=C=O. The molecule has 2 aromatic carbocycles. The van der Waals surface area contributed by atoms with Crippen molar-refractivity contribution in [2.45, 2.75) is 19.4 Å². The first-order valence-corrected chi connectivity index (χ1v) is 11.6. The molecule has 1 amide bonds. The highest BCUT2D eigenvalue weighted by Gasteiger charge is 2.45. The summed E-state index contributed by atoms with van der Waals surface area (Å²) in [6, 6.07) is 18.5. The van der Waals surface area contributed by atoms with Crippen molar-refractivity contribution in [2.24, 2.45) is 7.05 Å². The van der Waals surface area contributed by atoms with Crippen molar-refractivity contribution in [3.8, 4) is 0 Å². The van der Waals surface area contributed by atoms with Crippen molar-refractivity contribution in [3.63, 3.8) is 0 Å². The molecule has 1 unspecified atom stereocenters. The van der Waals surface area contributed by atoms with E-state index in [-0.39, 0.29) is 17.5 Å². The molecule has 0 bridgehead atoms. The van der Waals surface area contributed by atoms with Crippen LogP contribution in [0.2, 0.25) is 0 Å². The number of carbonyl (C=O) groups is 2. The first-order chi connectivity index (χ1) is 17.9. The lowest BCUT2D eigenvalue weighted by molar-refractivity contribution is -0.191. The number of aliphatic hydroxyl groups excluding tert-OH is 1. The zero-order valence-electron chi connectivity index (χ0n) is 20.4. The molecule has 8 heteroatoms. The van der Waals surface area contributed by atoms with Crippen LogP contribution in [0.15, 0.2) is 84.8 Å². The van der Waals surface area contributed by atoms with Crippen LogP contribution in [0, 0.1) is 6.92 Å². The molecule has 1 fully saturated rings. The molecular weight excluding hydrogens is 470 g/mol. The number of nitrogens with zero attached hydrogens (tertiary/aromatic N) is 3. The summed E-state index contributed by atoms with van der Waals surface area (Å²) in [5, 5.41) is 12.2. The average molecular weight is 496 g/mol. The van der Waals surface area contributed by atoms with E-state index in [0.717, 1.165) is 27.6 Å². The van der Waals surface area contributed by atoms with Gasteiger partial charge in [0.1, 0.15) is 5.76 Å². The van der Waals surface area contributed by atoms with Crippen LogP contribution < -0.4 is 0 Å². The van der Waals surface area contributed by atoms with Crippen molar-refractivity contribution >= 4 is 34.5 Å². The van der Waals surface area contributed by atoms with Gasteiger partial charge in [0.25, 0.3) is 11.7 Å². The Kier molecular flexibility index (Phi) is 7.41. The lowest BCUT2D eigenvalue weighted by Gasteiger charge is -2.25. The maximum Gasteiger partial charge on any atom is 0.373 e. The van der Waals surface area contributed by atoms with Crippen LogP contribution in [-0.2, 0) is 32.6 Å². The highest BCUT2D eigenvalue weighted by molar-refractivity contribution is 6.46. The van der Waals surface area contributed by atoms with Crippen LogP contribution in [0.1, 0.15) is 28.3 Å². The second-order valence-corrected chi connectivity index (χ2v) is 8.76. The fourth-order valence-corrected chi connectivity index (χ4v) is 4.73. The summed E-state index contributed by atoms with van der Waals surface area (Å²) >= 11 is 0. The maximum atomic E-state index is 13.2. The zero-order valence-corrected chi connectivity index (χ0v) is 20.4. The largest absolute Gasteiger partial charge is 0.507 e. The summed E-state index contributed by atoms with van der Waals surface area (Å²) < 4.78 is 2.07. The molecule has 3 heterocycles. The Hall–Kier alpha value is -4.81. The maximum absolute atomic E-state index is 13.2. The van der Waals surface area contributed by atoms with Crippen LogP contribution in [0.5, 0.6) is 0 Å². The van der Waals surface area contributed by atoms with Gasteiger partial charge in [-0.2, -0.15) is 9.59 Å². The summed E-state index contributed by atoms with van der Waals surface area (Å²) in [6.07, 6.45) is 5.99. The topological polar surface area (TPSA) is 110 Å². The Morgan fingerprint density at radius 3 is 2.41 bits per heavy atom. The number of likely N-dealkylation sites (tertiary alicyclic amines) is 1. The van der Waals surface area contributed by atoms with Gasteiger partial charge >= 0.3 is 6.15 Å². The number of aliphatic hydroxyl groups is 1. The number of Topliss-reactive ketones (excluding diaryl/α,β-unsaturated/α-hetero) is 1. The van der Waals surface area contributed by atoms with Gasteiger partial charge < -0.3 is 14.6 Å². The van der Waals surface area contributed by atoms with Gasteiger partial charge in [0, 0.05) is 48.6 Å². The minimum atomic E-state index is -0.676. The third-order valence-electron chi connectivity index (χ3n) is 6.47. The second-order valence-electron chi connectivity index (χ2n) is 8.76. The van der Waals surface area contributed by atoms with E-state index in [1.54, 1.807) is 23.2 Å². The van der Waals surface area contributed by atoms with E-state index < -0.39 is 17.7 Å². The van der Waals surface area contributed by atoms with E-state index in [1.165, 1.54) is 6.20 Å². The number of aryl methyl sites for hydroxylation is 2. The number of carbonyl (C=O) groups excluding carboxylic acids is 4. The van der Waals surface area contributed by atoms with Crippen molar-refractivity contribution < 1.29 is 24.3 Å². The number of amides is 1. The van der Waals surface area contributed by atoms with Crippen molar-refractivity contribution in [2.75, 3.05) is 6.54 Å². The van der Waals surface area contributed by atoms with Gasteiger partial charge in [0.05, 0.1) is 11.6 Å². The molecule has 8 nitrogen and oxygen atoms in total. The van der Waals surface area contributed by atoms with Crippen molar-refractivity contribution in [1.29, 1.82) is 0 Å². The highest BCUT2D eigenvalue weighted by atomic mass is 16.3. The molecule has 1 aliphatic rings. The van der Waals surface area contributed by atoms with E-state index in [2.05, 4.69) is 27.9 Å². The molecular formula is C29H25N3O5. The van der Waals surface area contributed by atoms with Gasteiger partial charge in [-0.25, -0.2) is 0 Å². The number of benzene rings is 2. The van der Waals surface area contributed by atoms with Gasteiger partial charge in [-0.15, -0.1) is 0 Å². The Labute approximate surface area is 213 Å². The van der Waals surface area contributed by atoms with E-state index in [0.29, 0.717) is 18.5 Å². The van der Waals surface area contributed by atoms with Crippen LogP contribution in [-0.4, -0.2) is 43.9 Å². The molecule has 186 valence electrons. The van der Waals surface area contributed by atoms with Crippen LogP contribution in [0.3, 0.4) is 0 Å². The van der Waals surface area contributed by atoms with E-state index in [4.69, 9.17) is 9.59 Å². The van der Waals surface area contributed by atoms with Crippen LogP contribution in [0.25, 0.3) is 16.7 Å². The number of ketones is 1. The Morgan fingerprint density at radius 2 is 1.73 bits per heavy atom. The normalized spacial score (nSPS) is 16.4. The summed E-state index contributed by atoms with van der Waals surface area (Å²) in [6.45, 7) is 2.33. The molecule has 0 spiro atoms. The van der Waals surface area contributed by atoms with Crippen molar-refractivity contribution in [1.82, 2.24) is 14.5 Å². The number of fused-ring (bicyclic) bond motifs is 1. The minimum absolute atomic E-state index is 0.0970. The quantitative estimate of drug-likeness (QED) is 0.255. The van der Waals surface area contributed by atoms with E-state index in [9.17, 15) is 14.7 Å². The number of aromatic nitrogens is 2. The molecule has 0 saturated carbocycles. The number of pyridine rings is 1. The first-order valence-electron chi connectivity index (χ1n) is 11.6. The predicted octanol–water partition coefficient (Wildman–Crippen LogP) is 3.96. The predicted molar refractivity (Wildman–Crippen MR) is 136 cm³/mol. The molecule has 0 aliphatic carbocycles. The summed E-state index contributed by atoms with van der Waals surface area (Å²) in [5.41, 5.74) is 4.59.